The molecule has 3 aliphatic rings. The van der Waals surface area contributed by atoms with E-state index in [1.807, 2.05) is 4.90 Å². The Balaban J connectivity index is 1.67. The summed E-state index contributed by atoms with van der Waals surface area (Å²) in [5.41, 5.74) is 0. The lowest BCUT2D eigenvalue weighted by Crippen LogP contribution is -2.50. The third-order valence-electron chi connectivity index (χ3n) is 4.88. The molecule has 0 aromatic heterocycles. The van der Waals surface area contributed by atoms with Gasteiger partial charge in [0.15, 0.2) is 0 Å². The van der Waals surface area contributed by atoms with Crippen LogP contribution in [0.15, 0.2) is 0 Å². The maximum absolute atomic E-state index is 11.3. The highest BCUT2D eigenvalue weighted by Gasteiger charge is 2.44. The zero-order valence-electron chi connectivity index (χ0n) is 10.2. The van der Waals surface area contributed by atoms with E-state index in [-0.39, 0.29) is 13.1 Å². The number of fused-ring (bicyclic) bond motifs is 2. The average Bonchev–Trinajstić information content (AvgIpc) is 2.88. The van der Waals surface area contributed by atoms with Gasteiger partial charge in [-0.1, -0.05) is 6.42 Å². The van der Waals surface area contributed by atoms with Crippen molar-refractivity contribution < 1.29 is 14.3 Å². The largest absolute Gasteiger partial charge is 0.391 e. The molecule has 2 bridgehead atoms. The molecular weight excluding hydrogens is 218 g/mol. The molecule has 4 unspecified atom stereocenters. The second-order valence-corrected chi connectivity index (χ2v) is 5.83. The van der Waals surface area contributed by atoms with Crippen LogP contribution in [0.4, 0.5) is 0 Å². The van der Waals surface area contributed by atoms with Crippen LogP contribution in [0.25, 0.3) is 0 Å². The molecule has 0 N–H and O–H groups in total. The normalized spacial score (nSPS) is 39.5. The first-order valence-electron chi connectivity index (χ1n) is 6.61. The van der Waals surface area contributed by atoms with Crippen molar-refractivity contribution in [1.82, 2.24) is 4.90 Å². The lowest BCUT2D eigenvalue weighted by atomic mass is 9.83. The Kier molecular flexibility index (Phi) is 2.69. The molecule has 0 aromatic rings. The van der Waals surface area contributed by atoms with Gasteiger partial charge in [-0.3, -0.25) is 14.5 Å². The molecule has 94 valence electrons. The smallest absolute Gasteiger partial charge is 0.327 e. The van der Waals surface area contributed by atoms with Gasteiger partial charge in [0.05, 0.1) is 13.1 Å². The van der Waals surface area contributed by atoms with Crippen LogP contribution in [0.2, 0.25) is 0 Å². The molecule has 0 amide bonds. The Labute approximate surface area is 101 Å². The van der Waals surface area contributed by atoms with E-state index < -0.39 is 11.9 Å². The number of hydrogen-bond acceptors (Lipinski definition) is 4. The van der Waals surface area contributed by atoms with E-state index in [0.717, 1.165) is 11.8 Å². The topological polar surface area (TPSA) is 46.6 Å². The minimum atomic E-state index is -0.392. The molecule has 4 heteroatoms. The summed E-state index contributed by atoms with van der Waals surface area (Å²) in [5.74, 6) is 1.61. The van der Waals surface area contributed by atoms with Crippen molar-refractivity contribution in [3.8, 4) is 0 Å². The molecule has 2 aliphatic carbocycles. The van der Waals surface area contributed by atoms with Crippen LogP contribution in [0.1, 0.15) is 32.6 Å². The summed E-state index contributed by atoms with van der Waals surface area (Å²) in [6.07, 6.45) is 5.37. The van der Waals surface area contributed by atoms with E-state index in [9.17, 15) is 9.59 Å². The lowest BCUT2D eigenvalue weighted by molar-refractivity contribution is -0.168. The minimum absolute atomic E-state index is 0.279. The summed E-state index contributed by atoms with van der Waals surface area (Å²) in [4.78, 5) is 24.6. The molecule has 2 saturated carbocycles. The quantitative estimate of drug-likeness (QED) is 0.535. The monoisotopic (exact) mass is 237 g/mol. The lowest BCUT2D eigenvalue weighted by Gasteiger charge is -2.37. The minimum Gasteiger partial charge on any atom is -0.391 e. The van der Waals surface area contributed by atoms with Crippen LogP contribution in [0.5, 0.6) is 0 Å². The number of carbonyl (C=O) groups is 2. The van der Waals surface area contributed by atoms with Gasteiger partial charge in [-0.15, -0.1) is 0 Å². The Bertz CT molecular complexity index is 339. The molecule has 4 atom stereocenters. The summed E-state index contributed by atoms with van der Waals surface area (Å²) >= 11 is 0. The van der Waals surface area contributed by atoms with E-state index in [1.165, 1.54) is 25.7 Å². The van der Waals surface area contributed by atoms with Gasteiger partial charge in [0.25, 0.3) is 0 Å². The summed E-state index contributed by atoms with van der Waals surface area (Å²) in [6.45, 7) is 2.72. The number of hydrogen-bond donors (Lipinski definition) is 0. The number of ether oxygens (including phenoxy) is 1. The number of nitrogens with zero attached hydrogens (tertiary/aromatic N) is 1. The highest BCUT2D eigenvalue weighted by molar-refractivity contribution is 5.90. The van der Waals surface area contributed by atoms with E-state index >= 15 is 0 Å². The molecule has 17 heavy (non-hydrogen) atoms. The SMILES string of the molecule is CC(C1CC2CCC1C2)N1CC(=O)OC(=O)C1. The third kappa shape index (κ3) is 1.99. The number of esters is 2. The first kappa shape index (κ1) is 11.2. The van der Waals surface area contributed by atoms with Gasteiger partial charge >= 0.3 is 11.9 Å². The van der Waals surface area contributed by atoms with Crippen LogP contribution in [-0.2, 0) is 14.3 Å². The molecule has 0 aromatic carbocycles. The number of rotatable bonds is 2. The first-order valence-corrected chi connectivity index (χ1v) is 6.61. The van der Waals surface area contributed by atoms with Gasteiger partial charge in [-0.05, 0) is 43.9 Å². The molecule has 1 saturated heterocycles. The van der Waals surface area contributed by atoms with Crippen molar-refractivity contribution in [3.63, 3.8) is 0 Å². The molecule has 0 spiro atoms. The Morgan fingerprint density at radius 3 is 2.41 bits per heavy atom. The highest BCUT2D eigenvalue weighted by Crippen LogP contribution is 2.50. The van der Waals surface area contributed by atoms with Crippen molar-refractivity contribution in [1.29, 1.82) is 0 Å². The number of morpholine rings is 1. The fourth-order valence-electron chi connectivity index (χ4n) is 4.02. The summed E-state index contributed by atoms with van der Waals surface area (Å²) < 4.78 is 4.57. The molecule has 0 radical (unpaired) electrons. The average molecular weight is 237 g/mol. The van der Waals surface area contributed by atoms with Gasteiger partial charge in [-0.2, -0.15) is 0 Å². The molecule has 3 rings (SSSR count). The summed E-state index contributed by atoms with van der Waals surface area (Å²) in [7, 11) is 0. The van der Waals surface area contributed by atoms with Gasteiger partial charge in [-0.25, -0.2) is 0 Å². The fourth-order valence-corrected chi connectivity index (χ4v) is 4.02. The van der Waals surface area contributed by atoms with Crippen LogP contribution < -0.4 is 0 Å². The number of cyclic esters (lactones) is 2. The van der Waals surface area contributed by atoms with E-state index in [1.54, 1.807) is 0 Å². The van der Waals surface area contributed by atoms with Gasteiger partial charge in [0, 0.05) is 6.04 Å². The van der Waals surface area contributed by atoms with Crippen molar-refractivity contribution in [3.05, 3.63) is 0 Å². The standard InChI is InChI=1S/C13H19NO3/c1-8(11-5-9-2-3-10(11)4-9)14-6-12(15)17-13(16)7-14/h8-11H,2-7H2,1H3. The molecular formula is C13H19NO3. The zero-order valence-corrected chi connectivity index (χ0v) is 10.2. The van der Waals surface area contributed by atoms with Gasteiger partial charge in [0.2, 0.25) is 0 Å². The van der Waals surface area contributed by atoms with Crippen LogP contribution in [0.3, 0.4) is 0 Å². The predicted octanol–water partition coefficient (Wildman–Crippen LogP) is 1.20. The first-order chi connectivity index (χ1) is 8.13. The van der Waals surface area contributed by atoms with Crippen LogP contribution >= 0.6 is 0 Å². The molecule has 3 fully saturated rings. The second-order valence-electron chi connectivity index (χ2n) is 5.83. The van der Waals surface area contributed by atoms with Crippen LogP contribution in [0, 0.1) is 17.8 Å². The van der Waals surface area contributed by atoms with E-state index in [4.69, 9.17) is 0 Å². The van der Waals surface area contributed by atoms with Gasteiger partial charge < -0.3 is 4.74 Å². The van der Waals surface area contributed by atoms with Gasteiger partial charge in [0.1, 0.15) is 0 Å². The molecule has 1 aliphatic heterocycles. The fraction of sp³-hybridized carbons (Fsp3) is 0.846. The Hall–Kier alpha value is -0.900. The number of carbonyl (C=O) groups excluding carboxylic acids is 2. The van der Waals surface area contributed by atoms with E-state index in [0.29, 0.717) is 12.0 Å². The van der Waals surface area contributed by atoms with Crippen LogP contribution in [-0.4, -0.2) is 36.0 Å². The Morgan fingerprint density at radius 1 is 1.18 bits per heavy atom. The summed E-state index contributed by atoms with van der Waals surface area (Å²) in [6, 6.07) is 0.335. The van der Waals surface area contributed by atoms with Crippen molar-refractivity contribution in [2.75, 3.05) is 13.1 Å². The summed E-state index contributed by atoms with van der Waals surface area (Å²) in [5, 5.41) is 0. The van der Waals surface area contributed by atoms with Crippen molar-refractivity contribution >= 4 is 11.9 Å². The van der Waals surface area contributed by atoms with Crippen molar-refractivity contribution in [2.45, 2.75) is 38.6 Å². The maximum Gasteiger partial charge on any atom is 0.327 e. The highest BCUT2D eigenvalue weighted by atomic mass is 16.6. The molecule has 1 heterocycles. The Morgan fingerprint density at radius 2 is 1.88 bits per heavy atom. The zero-order chi connectivity index (χ0) is 12.0. The predicted molar refractivity (Wildman–Crippen MR) is 61.1 cm³/mol. The maximum atomic E-state index is 11.3. The third-order valence-corrected chi connectivity index (χ3v) is 4.88. The van der Waals surface area contributed by atoms with Crippen molar-refractivity contribution in [2.24, 2.45) is 17.8 Å². The van der Waals surface area contributed by atoms with E-state index in [2.05, 4.69) is 11.7 Å². The second kappa shape index (κ2) is 4.09. The molecule has 4 nitrogen and oxygen atoms in total.